The number of nitrogens with two attached hydrogens (primary N) is 1. The molecule has 2 N–H and O–H groups in total. The molecule has 3 aromatic carbocycles. The maximum atomic E-state index is 9.05. The van der Waals surface area contributed by atoms with Gasteiger partial charge in [0.05, 0.1) is 11.6 Å². The lowest BCUT2D eigenvalue weighted by Crippen LogP contribution is -1.86. The van der Waals surface area contributed by atoms with E-state index in [1.165, 1.54) is 22.1 Å². The molecule has 0 amide bonds. The van der Waals surface area contributed by atoms with Gasteiger partial charge in [-0.2, -0.15) is 5.26 Å². The minimum absolute atomic E-state index is 0.691. The summed E-state index contributed by atoms with van der Waals surface area (Å²) >= 11 is 0. The van der Waals surface area contributed by atoms with E-state index in [4.69, 9.17) is 11.0 Å². The first-order valence-corrected chi connectivity index (χ1v) is 6.16. The van der Waals surface area contributed by atoms with Crippen LogP contribution in [0.5, 0.6) is 0 Å². The highest BCUT2D eigenvalue weighted by molar-refractivity contribution is 6.18. The summed E-state index contributed by atoms with van der Waals surface area (Å²) in [4.78, 5) is 0. The van der Waals surface area contributed by atoms with Crippen LogP contribution < -0.4 is 5.73 Å². The Kier molecular flexibility index (Phi) is 1.80. The van der Waals surface area contributed by atoms with Gasteiger partial charge in [0.15, 0.2) is 0 Å². The fourth-order valence-corrected chi connectivity index (χ4v) is 2.95. The first-order valence-electron chi connectivity index (χ1n) is 6.16. The average Bonchev–Trinajstić information content (AvgIpc) is 2.78. The van der Waals surface area contributed by atoms with E-state index < -0.39 is 0 Å². The highest BCUT2D eigenvalue weighted by Crippen LogP contribution is 2.48. The van der Waals surface area contributed by atoms with Crippen LogP contribution in [0.3, 0.4) is 0 Å². The third-order valence-electron chi connectivity index (χ3n) is 3.80. The molecule has 2 heteroatoms. The standard InChI is InChI=1S/C17H10N2/c18-9-10-4-5-11-13-6-7-16(19)14-3-1-2-12(17(13)14)15(11)8-10/h1-8H,19H2. The van der Waals surface area contributed by atoms with Gasteiger partial charge < -0.3 is 5.73 Å². The van der Waals surface area contributed by atoms with E-state index in [9.17, 15) is 0 Å². The molecule has 0 heterocycles. The molecule has 0 fully saturated rings. The second-order valence-electron chi connectivity index (χ2n) is 4.80. The van der Waals surface area contributed by atoms with Gasteiger partial charge in [-0.25, -0.2) is 0 Å². The van der Waals surface area contributed by atoms with Gasteiger partial charge in [-0.1, -0.05) is 30.3 Å². The fraction of sp³-hybridized carbons (Fsp3) is 0. The Morgan fingerprint density at radius 3 is 2.47 bits per heavy atom. The Hall–Kier alpha value is -2.79. The fourth-order valence-electron chi connectivity index (χ4n) is 2.95. The number of hydrogen-bond acceptors (Lipinski definition) is 2. The van der Waals surface area contributed by atoms with Gasteiger partial charge in [-0.05, 0) is 45.8 Å². The summed E-state index contributed by atoms with van der Waals surface area (Å²) in [5.41, 5.74) is 12.2. The van der Waals surface area contributed by atoms with Gasteiger partial charge in [0.25, 0.3) is 0 Å². The molecule has 1 aliphatic carbocycles. The van der Waals surface area contributed by atoms with Gasteiger partial charge in [0.2, 0.25) is 0 Å². The lowest BCUT2D eigenvalue weighted by molar-refractivity contribution is 1.49. The Morgan fingerprint density at radius 2 is 1.63 bits per heavy atom. The molecule has 2 nitrogen and oxygen atoms in total. The number of anilines is 1. The van der Waals surface area contributed by atoms with Crippen LogP contribution in [0.4, 0.5) is 5.69 Å². The van der Waals surface area contributed by atoms with Crippen molar-refractivity contribution in [2.45, 2.75) is 0 Å². The topological polar surface area (TPSA) is 49.8 Å². The Labute approximate surface area is 110 Å². The Balaban J connectivity index is 2.21. The Morgan fingerprint density at radius 1 is 0.842 bits per heavy atom. The van der Waals surface area contributed by atoms with Crippen LogP contribution in [0.15, 0.2) is 48.5 Å². The third-order valence-corrected chi connectivity index (χ3v) is 3.80. The van der Waals surface area contributed by atoms with Crippen LogP contribution in [0.25, 0.3) is 33.0 Å². The minimum Gasteiger partial charge on any atom is -0.398 e. The predicted molar refractivity (Wildman–Crippen MR) is 77.5 cm³/mol. The lowest BCUT2D eigenvalue weighted by Gasteiger charge is -2.04. The van der Waals surface area contributed by atoms with Crippen molar-refractivity contribution < 1.29 is 0 Å². The second kappa shape index (κ2) is 3.37. The summed E-state index contributed by atoms with van der Waals surface area (Å²) in [5, 5.41) is 11.3. The quantitative estimate of drug-likeness (QED) is 0.475. The van der Waals surface area contributed by atoms with Gasteiger partial charge in [-0.15, -0.1) is 0 Å². The van der Waals surface area contributed by atoms with Crippen LogP contribution in [0, 0.1) is 11.3 Å². The van der Waals surface area contributed by atoms with Crippen molar-refractivity contribution in [1.29, 1.82) is 5.26 Å². The van der Waals surface area contributed by atoms with Crippen LogP contribution in [0.2, 0.25) is 0 Å². The van der Waals surface area contributed by atoms with E-state index >= 15 is 0 Å². The first kappa shape index (κ1) is 10.2. The smallest absolute Gasteiger partial charge is 0.0991 e. The zero-order valence-electron chi connectivity index (χ0n) is 10.1. The maximum Gasteiger partial charge on any atom is 0.0991 e. The van der Waals surface area contributed by atoms with Crippen molar-refractivity contribution in [3.8, 4) is 28.3 Å². The molecule has 88 valence electrons. The van der Waals surface area contributed by atoms with Crippen molar-refractivity contribution in [2.75, 3.05) is 5.73 Å². The summed E-state index contributed by atoms with van der Waals surface area (Å²) in [6.07, 6.45) is 0. The molecule has 0 bridgehead atoms. The summed E-state index contributed by atoms with van der Waals surface area (Å²) in [7, 11) is 0. The third kappa shape index (κ3) is 1.19. The van der Waals surface area contributed by atoms with Gasteiger partial charge >= 0.3 is 0 Å². The zero-order valence-corrected chi connectivity index (χ0v) is 10.1. The molecule has 4 rings (SSSR count). The predicted octanol–water partition coefficient (Wildman–Crippen LogP) is 3.94. The van der Waals surface area contributed by atoms with Crippen LogP contribution in [-0.4, -0.2) is 0 Å². The molecule has 0 spiro atoms. The SMILES string of the molecule is N#Cc1ccc2c(c1)-c1cccc3c(N)ccc-2c13. The highest BCUT2D eigenvalue weighted by Gasteiger charge is 2.21. The van der Waals surface area contributed by atoms with Crippen molar-refractivity contribution in [1.82, 2.24) is 0 Å². The Bertz CT molecular complexity index is 886. The van der Waals surface area contributed by atoms with E-state index in [0.29, 0.717) is 5.56 Å². The molecule has 0 radical (unpaired) electrons. The second-order valence-corrected chi connectivity index (χ2v) is 4.80. The van der Waals surface area contributed by atoms with E-state index in [1.807, 2.05) is 30.3 Å². The number of nitrogens with zero attached hydrogens (tertiary/aromatic N) is 1. The molecule has 1 aliphatic rings. The number of benzene rings is 3. The van der Waals surface area contributed by atoms with Crippen LogP contribution in [0.1, 0.15) is 5.56 Å². The molecule has 0 atom stereocenters. The molecule has 3 aromatic rings. The van der Waals surface area contributed by atoms with Gasteiger partial charge in [-0.3, -0.25) is 0 Å². The van der Waals surface area contributed by atoms with Crippen LogP contribution in [-0.2, 0) is 0 Å². The molecule has 19 heavy (non-hydrogen) atoms. The molecule has 0 saturated heterocycles. The summed E-state index contributed by atoms with van der Waals surface area (Å²) < 4.78 is 0. The first-order chi connectivity index (χ1) is 9.29. The van der Waals surface area contributed by atoms with E-state index in [2.05, 4.69) is 24.3 Å². The minimum atomic E-state index is 0.691. The normalized spacial score (nSPS) is 11.3. The van der Waals surface area contributed by atoms with E-state index in [0.717, 1.165) is 16.6 Å². The monoisotopic (exact) mass is 242 g/mol. The van der Waals surface area contributed by atoms with Crippen molar-refractivity contribution in [3.63, 3.8) is 0 Å². The number of rotatable bonds is 0. The number of fused-ring (bicyclic) bond motifs is 3. The van der Waals surface area contributed by atoms with Gasteiger partial charge in [0, 0.05) is 11.1 Å². The molecule has 0 saturated carbocycles. The lowest BCUT2D eigenvalue weighted by atomic mass is 10.0. The molecular formula is C17H10N2. The zero-order chi connectivity index (χ0) is 13.0. The summed E-state index contributed by atoms with van der Waals surface area (Å²) in [6, 6.07) is 18.2. The number of nitriles is 1. The van der Waals surface area contributed by atoms with Crippen molar-refractivity contribution in [2.24, 2.45) is 0 Å². The van der Waals surface area contributed by atoms with E-state index in [-0.39, 0.29) is 0 Å². The molecule has 0 aromatic heterocycles. The molecule has 0 aliphatic heterocycles. The molecule has 0 unspecified atom stereocenters. The van der Waals surface area contributed by atoms with Gasteiger partial charge in [0.1, 0.15) is 0 Å². The van der Waals surface area contributed by atoms with Crippen molar-refractivity contribution >= 4 is 16.5 Å². The van der Waals surface area contributed by atoms with Crippen LogP contribution >= 0.6 is 0 Å². The van der Waals surface area contributed by atoms with Crippen molar-refractivity contribution in [3.05, 3.63) is 54.1 Å². The van der Waals surface area contributed by atoms with E-state index in [1.54, 1.807) is 0 Å². The summed E-state index contributed by atoms with van der Waals surface area (Å²) in [6.45, 7) is 0. The number of nitrogen functional groups attached to an aromatic ring is 1. The maximum absolute atomic E-state index is 9.05. The summed E-state index contributed by atoms with van der Waals surface area (Å²) in [5.74, 6) is 0. The molecular weight excluding hydrogens is 232 g/mol. The highest BCUT2D eigenvalue weighted by atomic mass is 14.6. The average molecular weight is 242 g/mol. The number of hydrogen-bond donors (Lipinski definition) is 1. The largest absolute Gasteiger partial charge is 0.398 e.